The molecule has 0 atom stereocenters. The largest absolute Gasteiger partial charge is 0.304 e. The number of amides is 1. The van der Waals surface area contributed by atoms with Crippen LogP contribution in [0.2, 0.25) is 0 Å². The second-order valence-electron chi connectivity index (χ2n) is 5.04. The highest BCUT2D eigenvalue weighted by Gasteiger charge is 2.16. The van der Waals surface area contributed by atoms with Crippen LogP contribution in [0.4, 0.5) is 5.82 Å². The van der Waals surface area contributed by atoms with Crippen molar-refractivity contribution in [1.29, 1.82) is 0 Å². The Balaban J connectivity index is 1.67. The summed E-state index contributed by atoms with van der Waals surface area (Å²) in [6, 6.07) is 9.96. The van der Waals surface area contributed by atoms with E-state index in [1.165, 1.54) is 5.56 Å². The number of hydrogen-bond donors (Lipinski definition) is 1. The monoisotopic (exact) mass is 297 g/mol. The van der Waals surface area contributed by atoms with Crippen molar-refractivity contribution in [2.45, 2.75) is 20.4 Å². The van der Waals surface area contributed by atoms with Gasteiger partial charge >= 0.3 is 0 Å². The first kappa shape index (κ1) is 14.0. The van der Waals surface area contributed by atoms with Crippen LogP contribution in [0.15, 0.2) is 41.2 Å². The number of rotatable bonds is 4. The first-order valence-electron chi connectivity index (χ1n) is 6.81. The molecule has 1 amide bonds. The van der Waals surface area contributed by atoms with E-state index in [1.54, 1.807) is 17.7 Å². The van der Waals surface area contributed by atoms with E-state index in [9.17, 15) is 4.79 Å². The zero-order valence-electron chi connectivity index (χ0n) is 12.3. The molecule has 2 heterocycles. The van der Waals surface area contributed by atoms with Gasteiger partial charge in [-0.3, -0.25) is 9.48 Å². The SMILES string of the molecule is Cc1ccc(Cn2ccc(NC(=O)c3nonc3C)n2)cc1. The maximum atomic E-state index is 12.0. The Morgan fingerprint density at radius 2 is 1.95 bits per heavy atom. The highest BCUT2D eigenvalue weighted by Crippen LogP contribution is 2.10. The van der Waals surface area contributed by atoms with Gasteiger partial charge in [-0.15, -0.1) is 0 Å². The van der Waals surface area contributed by atoms with E-state index >= 15 is 0 Å². The zero-order valence-corrected chi connectivity index (χ0v) is 12.3. The van der Waals surface area contributed by atoms with E-state index in [2.05, 4.69) is 49.6 Å². The van der Waals surface area contributed by atoms with Crippen molar-refractivity contribution in [3.05, 3.63) is 59.0 Å². The van der Waals surface area contributed by atoms with Gasteiger partial charge in [0.2, 0.25) is 0 Å². The Morgan fingerprint density at radius 3 is 2.64 bits per heavy atom. The lowest BCUT2D eigenvalue weighted by Crippen LogP contribution is -2.14. The van der Waals surface area contributed by atoms with Gasteiger partial charge in [0.1, 0.15) is 5.69 Å². The summed E-state index contributed by atoms with van der Waals surface area (Å²) in [6.07, 6.45) is 1.81. The molecule has 3 rings (SSSR count). The molecule has 0 aliphatic carbocycles. The van der Waals surface area contributed by atoms with E-state index in [4.69, 9.17) is 0 Å². The van der Waals surface area contributed by atoms with Crippen molar-refractivity contribution >= 4 is 11.7 Å². The van der Waals surface area contributed by atoms with E-state index in [1.807, 2.05) is 13.1 Å². The fraction of sp³-hybridized carbons (Fsp3) is 0.200. The normalized spacial score (nSPS) is 10.6. The Morgan fingerprint density at radius 1 is 1.18 bits per heavy atom. The number of aromatic nitrogens is 4. The summed E-state index contributed by atoms with van der Waals surface area (Å²) in [6.45, 7) is 4.34. The fourth-order valence-corrected chi connectivity index (χ4v) is 2.01. The smallest absolute Gasteiger partial charge is 0.281 e. The number of anilines is 1. The van der Waals surface area contributed by atoms with Gasteiger partial charge in [0.25, 0.3) is 5.91 Å². The average Bonchev–Trinajstić information content (AvgIpc) is 3.10. The van der Waals surface area contributed by atoms with Crippen LogP contribution in [0, 0.1) is 13.8 Å². The van der Waals surface area contributed by atoms with Crippen LogP contribution < -0.4 is 5.32 Å². The van der Waals surface area contributed by atoms with Crippen LogP contribution in [0.3, 0.4) is 0 Å². The molecule has 1 aromatic carbocycles. The van der Waals surface area contributed by atoms with E-state index in [-0.39, 0.29) is 11.6 Å². The van der Waals surface area contributed by atoms with E-state index in [0.717, 1.165) is 5.56 Å². The van der Waals surface area contributed by atoms with Crippen molar-refractivity contribution in [1.82, 2.24) is 20.1 Å². The molecule has 3 aromatic rings. The molecule has 22 heavy (non-hydrogen) atoms. The van der Waals surface area contributed by atoms with Crippen LogP contribution in [0.25, 0.3) is 0 Å². The molecule has 0 saturated carbocycles. The van der Waals surface area contributed by atoms with Crippen molar-refractivity contribution in [3.63, 3.8) is 0 Å². The second kappa shape index (κ2) is 5.80. The molecule has 0 saturated heterocycles. The third-order valence-corrected chi connectivity index (χ3v) is 3.22. The van der Waals surface area contributed by atoms with Gasteiger partial charge in [-0.1, -0.05) is 35.0 Å². The minimum atomic E-state index is -0.390. The summed E-state index contributed by atoms with van der Waals surface area (Å²) in [5.41, 5.74) is 2.96. The third-order valence-electron chi connectivity index (χ3n) is 3.22. The lowest BCUT2D eigenvalue weighted by atomic mass is 10.1. The van der Waals surface area contributed by atoms with Gasteiger partial charge in [0, 0.05) is 12.3 Å². The molecule has 0 spiro atoms. The molecular formula is C15H15N5O2. The first-order chi connectivity index (χ1) is 10.6. The standard InChI is InChI=1S/C15H15N5O2/c1-10-3-5-12(6-4-10)9-20-8-7-13(17-20)16-15(21)14-11(2)18-22-19-14/h3-8H,9H2,1-2H3,(H,16,17,21). The lowest BCUT2D eigenvalue weighted by molar-refractivity contribution is 0.101. The van der Waals surface area contributed by atoms with Gasteiger partial charge in [-0.25, -0.2) is 4.63 Å². The maximum Gasteiger partial charge on any atom is 0.281 e. The Labute approximate surface area is 126 Å². The van der Waals surface area contributed by atoms with Crippen LogP contribution in [0.5, 0.6) is 0 Å². The molecule has 2 aromatic heterocycles. The number of aryl methyl sites for hydroxylation is 2. The van der Waals surface area contributed by atoms with Gasteiger partial charge in [-0.2, -0.15) is 5.10 Å². The van der Waals surface area contributed by atoms with Crippen LogP contribution in [-0.2, 0) is 6.54 Å². The van der Waals surface area contributed by atoms with Gasteiger partial charge in [0.05, 0.1) is 6.54 Å². The topological polar surface area (TPSA) is 85.8 Å². The fourth-order valence-electron chi connectivity index (χ4n) is 2.01. The molecule has 7 nitrogen and oxygen atoms in total. The maximum absolute atomic E-state index is 12.0. The molecule has 0 bridgehead atoms. The molecule has 0 aliphatic rings. The predicted molar refractivity (Wildman–Crippen MR) is 79.5 cm³/mol. The molecule has 0 aliphatic heterocycles. The van der Waals surface area contributed by atoms with E-state index < -0.39 is 0 Å². The van der Waals surface area contributed by atoms with Crippen molar-refractivity contribution < 1.29 is 9.42 Å². The van der Waals surface area contributed by atoms with Crippen LogP contribution >= 0.6 is 0 Å². The van der Waals surface area contributed by atoms with Crippen molar-refractivity contribution in [2.75, 3.05) is 5.32 Å². The zero-order chi connectivity index (χ0) is 15.5. The molecule has 0 radical (unpaired) electrons. The van der Waals surface area contributed by atoms with Gasteiger partial charge in [0.15, 0.2) is 11.5 Å². The second-order valence-corrected chi connectivity index (χ2v) is 5.04. The third kappa shape index (κ3) is 3.03. The molecule has 7 heteroatoms. The summed E-state index contributed by atoms with van der Waals surface area (Å²) in [4.78, 5) is 12.0. The first-order valence-corrected chi connectivity index (χ1v) is 6.81. The summed E-state index contributed by atoms with van der Waals surface area (Å²) >= 11 is 0. The Bertz CT molecular complexity index is 788. The highest BCUT2D eigenvalue weighted by molar-refractivity contribution is 6.02. The number of carbonyl (C=O) groups is 1. The summed E-state index contributed by atoms with van der Waals surface area (Å²) < 4.78 is 6.27. The minimum absolute atomic E-state index is 0.160. The number of nitrogens with zero attached hydrogens (tertiary/aromatic N) is 4. The number of nitrogens with one attached hydrogen (secondary N) is 1. The quantitative estimate of drug-likeness (QED) is 0.797. The molecular weight excluding hydrogens is 282 g/mol. The molecule has 112 valence electrons. The van der Waals surface area contributed by atoms with Gasteiger partial charge in [-0.05, 0) is 24.6 Å². The van der Waals surface area contributed by atoms with Crippen molar-refractivity contribution in [3.8, 4) is 0 Å². The Kier molecular flexibility index (Phi) is 3.69. The molecule has 0 unspecified atom stereocenters. The molecule has 1 N–H and O–H groups in total. The van der Waals surface area contributed by atoms with E-state index in [0.29, 0.717) is 18.1 Å². The van der Waals surface area contributed by atoms with Gasteiger partial charge < -0.3 is 5.32 Å². The minimum Gasteiger partial charge on any atom is -0.304 e. The van der Waals surface area contributed by atoms with Crippen LogP contribution in [-0.4, -0.2) is 26.0 Å². The predicted octanol–water partition coefficient (Wildman–Crippen LogP) is 2.18. The number of carbonyl (C=O) groups excluding carboxylic acids is 1. The lowest BCUT2D eigenvalue weighted by Gasteiger charge is -2.03. The highest BCUT2D eigenvalue weighted by atomic mass is 16.6. The average molecular weight is 297 g/mol. The van der Waals surface area contributed by atoms with Crippen LogP contribution in [0.1, 0.15) is 27.3 Å². The number of benzene rings is 1. The number of hydrogen-bond acceptors (Lipinski definition) is 5. The summed E-state index contributed by atoms with van der Waals surface area (Å²) in [5, 5.41) is 14.1. The van der Waals surface area contributed by atoms with Crippen molar-refractivity contribution in [2.24, 2.45) is 0 Å². The molecule has 0 fully saturated rings. The summed E-state index contributed by atoms with van der Waals surface area (Å²) in [5.74, 6) is 0.0684. The Hall–Kier alpha value is -2.96. The summed E-state index contributed by atoms with van der Waals surface area (Å²) in [7, 11) is 0.